The number of nitrogens with two attached hydrogens (primary N) is 2. The summed E-state index contributed by atoms with van der Waals surface area (Å²) in [4.78, 5) is 42.6. The molecule has 0 aliphatic carbocycles. The number of rotatable bonds is 8. The van der Waals surface area contributed by atoms with Crippen molar-refractivity contribution in [1.82, 2.24) is 0 Å². The van der Waals surface area contributed by atoms with Crippen molar-refractivity contribution in [3.8, 4) is 0 Å². The number of carboxylic acids is 2. The summed E-state index contributed by atoms with van der Waals surface area (Å²) in [5.41, 5.74) is 10.3. The van der Waals surface area contributed by atoms with Gasteiger partial charge in [-0.2, -0.15) is 0 Å². The van der Waals surface area contributed by atoms with Gasteiger partial charge in [0.25, 0.3) is 0 Å². The topological polar surface area (TPSA) is 179 Å². The second-order valence-electron chi connectivity index (χ2n) is 3.45. The van der Waals surface area contributed by atoms with E-state index < -0.39 is 55.6 Å². The summed E-state index contributed by atoms with van der Waals surface area (Å²) >= 11 is 0. The van der Waals surface area contributed by atoms with E-state index >= 15 is 0 Å². The smallest absolute Gasteiger partial charge is 0.326 e. The summed E-state index contributed by atoms with van der Waals surface area (Å²) in [5.74, 6) is -4.71. The van der Waals surface area contributed by atoms with Gasteiger partial charge in [0.1, 0.15) is 12.1 Å². The van der Waals surface area contributed by atoms with Crippen LogP contribution in [-0.4, -0.2) is 53.0 Å². The molecule has 0 aromatic carbocycles. The number of carbonyl (C=O) groups excluding carboxylic acids is 2. The Labute approximate surface area is 107 Å². The summed E-state index contributed by atoms with van der Waals surface area (Å²) in [6.45, 7) is -0.821. The van der Waals surface area contributed by atoms with Gasteiger partial charge in [-0.3, -0.25) is 19.2 Å². The Morgan fingerprint density at radius 2 is 1.16 bits per heavy atom. The minimum Gasteiger partial charge on any atom is -0.481 e. The van der Waals surface area contributed by atoms with Crippen LogP contribution in [0.1, 0.15) is 12.8 Å². The van der Waals surface area contributed by atoms with E-state index in [1.807, 2.05) is 0 Å². The van der Waals surface area contributed by atoms with Crippen molar-refractivity contribution in [2.24, 2.45) is 11.5 Å². The highest BCUT2D eigenvalue weighted by molar-refractivity contribution is 5.83. The van der Waals surface area contributed by atoms with Crippen LogP contribution in [0.25, 0.3) is 0 Å². The van der Waals surface area contributed by atoms with Crippen LogP contribution in [0.2, 0.25) is 0 Å². The number of carbonyl (C=O) groups is 4. The van der Waals surface area contributed by atoms with Crippen molar-refractivity contribution >= 4 is 23.9 Å². The van der Waals surface area contributed by atoms with E-state index in [9.17, 15) is 19.2 Å². The van der Waals surface area contributed by atoms with Crippen LogP contribution in [0.5, 0.6) is 0 Å². The minimum atomic E-state index is -1.39. The first kappa shape index (κ1) is 16.8. The monoisotopic (exact) mass is 278 g/mol. The Balaban J connectivity index is 3.96. The second kappa shape index (κ2) is 8.00. The molecular weight excluding hydrogens is 264 g/mol. The molecule has 0 rings (SSSR count). The SMILES string of the molecule is NC(CC(=O)O)C(=O)OCOC(=O)C(N)CC(=O)O. The molecule has 0 aromatic heterocycles. The summed E-state index contributed by atoms with van der Waals surface area (Å²) in [7, 11) is 0. The molecule has 0 aliphatic heterocycles. The summed E-state index contributed by atoms with van der Waals surface area (Å²) in [6.07, 6.45) is -1.27. The molecule has 0 radical (unpaired) electrons. The molecule has 2 unspecified atom stereocenters. The van der Waals surface area contributed by atoms with Crippen molar-refractivity contribution in [3.05, 3.63) is 0 Å². The Bertz CT molecular complexity index is 335. The molecule has 19 heavy (non-hydrogen) atoms. The molecule has 0 aromatic rings. The van der Waals surface area contributed by atoms with Gasteiger partial charge in [0.15, 0.2) is 0 Å². The van der Waals surface area contributed by atoms with Gasteiger partial charge >= 0.3 is 23.9 Å². The molecule has 10 nitrogen and oxygen atoms in total. The van der Waals surface area contributed by atoms with E-state index in [-0.39, 0.29) is 0 Å². The number of esters is 2. The fraction of sp³-hybridized carbons (Fsp3) is 0.556. The summed E-state index contributed by atoms with van der Waals surface area (Å²) in [6, 6.07) is -2.77. The molecule has 2 atom stereocenters. The van der Waals surface area contributed by atoms with Crippen LogP contribution < -0.4 is 11.5 Å². The highest BCUT2D eigenvalue weighted by Gasteiger charge is 2.21. The zero-order chi connectivity index (χ0) is 15.0. The van der Waals surface area contributed by atoms with Gasteiger partial charge in [0, 0.05) is 0 Å². The van der Waals surface area contributed by atoms with Crippen LogP contribution in [0.15, 0.2) is 0 Å². The molecule has 0 amide bonds. The Morgan fingerprint density at radius 3 is 1.42 bits per heavy atom. The lowest BCUT2D eigenvalue weighted by atomic mass is 10.2. The van der Waals surface area contributed by atoms with Crippen LogP contribution >= 0.6 is 0 Å². The molecule has 0 aliphatic rings. The molecule has 0 heterocycles. The molecule has 6 N–H and O–H groups in total. The molecular formula is C9H14N2O8. The molecule has 0 saturated heterocycles. The highest BCUT2D eigenvalue weighted by atomic mass is 16.7. The van der Waals surface area contributed by atoms with Crippen LogP contribution in [0.3, 0.4) is 0 Å². The minimum absolute atomic E-state index is 0.634. The quantitative estimate of drug-likeness (QED) is 0.277. The maximum absolute atomic E-state index is 11.1. The first-order chi connectivity index (χ1) is 8.73. The maximum Gasteiger partial charge on any atom is 0.326 e. The largest absolute Gasteiger partial charge is 0.481 e. The number of carboxylic acid groups (broad SMARTS) is 2. The lowest BCUT2D eigenvalue weighted by Gasteiger charge is -2.11. The van der Waals surface area contributed by atoms with E-state index in [0.29, 0.717) is 0 Å². The van der Waals surface area contributed by atoms with E-state index in [0.717, 1.165) is 0 Å². The Hall–Kier alpha value is -2.20. The molecule has 0 fully saturated rings. The lowest BCUT2D eigenvalue weighted by Crippen LogP contribution is -2.37. The Kier molecular flexibility index (Phi) is 7.07. The van der Waals surface area contributed by atoms with E-state index in [4.69, 9.17) is 21.7 Å². The van der Waals surface area contributed by atoms with Crippen molar-refractivity contribution in [3.63, 3.8) is 0 Å². The first-order valence-corrected chi connectivity index (χ1v) is 5.02. The number of ether oxygens (including phenoxy) is 2. The third-order valence-electron chi connectivity index (χ3n) is 1.80. The standard InChI is InChI=1S/C9H14N2O8/c10-4(1-6(12)13)8(16)18-3-19-9(17)5(11)2-7(14)15/h4-5H,1-3,10-11H2,(H,12,13)(H,14,15). The highest BCUT2D eigenvalue weighted by Crippen LogP contribution is 1.96. The molecule has 0 spiro atoms. The normalized spacial score (nSPS) is 13.2. The number of hydrogen-bond acceptors (Lipinski definition) is 8. The van der Waals surface area contributed by atoms with Crippen molar-refractivity contribution < 1.29 is 38.9 Å². The third-order valence-corrected chi connectivity index (χ3v) is 1.80. The van der Waals surface area contributed by atoms with Crippen molar-refractivity contribution in [1.29, 1.82) is 0 Å². The third kappa shape index (κ3) is 7.68. The van der Waals surface area contributed by atoms with E-state index in [2.05, 4.69) is 9.47 Å². The van der Waals surface area contributed by atoms with E-state index in [1.165, 1.54) is 0 Å². The van der Waals surface area contributed by atoms with E-state index in [1.54, 1.807) is 0 Å². The van der Waals surface area contributed by atoms with Crippen LogP contribution in [-0.2, 0) is 28.7 Å². The predicted molar refractivity (Wildman–Crippen MR) is 57.5 cm³/mol. The second-order valence-corrected chi connectivity index (χ2v) is 3.45. The van der Waals surface area contributed by atoms with Gasteiger partial charge in [-0.25, -0.2) is 0 Å². The fourth-order valence-corrected chi connectivity index (χ4v) is 0.903. The van der Waals surface area contributed by atoms with Gasteiger partial charge in [-0.15, -0.1) is 0 Å². The predicted octanol–water partition coefficient (Wildman–Crippen LogP) is -2.37. The number of aliphatic carboxylic acids is 2. The Morgan fingerprint density at radius 1 is 0.842 bits per heavy atom. The molecule has 0 bridgehead atoms. The van der Waals surface area contributed by atoms with Gasteiger partial charge in [0.05, 0.1) is 12.8 Å². The average Bonchev–Trinajstić information content (AvgIpc) is 2.26. The lowest BCUT2D eigenvalue weighted by molar-refractivity contribution is -0.171. The molecule has 108 valence electrons. The first-order valence-electron chi connectivity index (χ1n) is 5.02. The zero-order valence-electron chi connectivity index (χ0n) is 9.77. The van der Waals surface area contributed by atoms with Crippen molar-refractivity contribution in [2.45, 2.75) is 24.9 Å². The fourth-order valence-electron chi connectivity index (χ4n) is 0.903. The maximum atomic E-state index is 11.1. The summed E-state index contributed by atoms with van der Waals surface area (Å²) < 4.78 is 8.71. The van der Waals surface area contributed by atoms with Crippen molar-refractivity contribution in [2.75, 3.05) is 6.79 Å². The van der Waals surface area contributed by atoms with Crippen LogP contribution in [0.4, 0.5) is 0 Å². The summed E-state index contributed by atoms with van der Waals surface area (Å²) in [5, 5.41) is 16.7. The molecule has 10 heteroatoms. The zero-order valence-corrected chi connectivity index (χ0v) is 9.77. The number of hydrogen-bond donors (Lipinski definition) is 4. The van der Waals surface area contributed by atoms with Gasteiger partial charge in [-0.05, 0) is 0 Å². The average molecular weight is 278 g/mol. The van der Waals surface area contributed by atoms with Crippen LogP contribution in [0, 0.1) is 0 Å². The van der Waals surface area contributed by atoms with Gasteiger partial charge in [0.2, 0.25) is 6.79 Å². The van der Waals surface area contributed by atoms with Gasteiger partial charge < -0.3 is 31.2 Å². The molecule has 0 saturated carbocycles. The van der Waals surface area contributed by atoms with Gasteiger partial charge in [-0.1, -0.05) is 0 Å².